The van der Waals surface area contributed by atoms with E-state index in [4.69, 9.17) is 0 Å². The fraction of sp³-hybridized carbons (Fsp3) is 0.571. The summed E-state index contributed by atoms with van der Waals surface area (Å²) < 4.78 is 26.7. The average Bonchev–Trinajstić information content (AvgIpc) is 2.32. The zero-order valence-electron chi connectivity index (χ0n) is 11.3. The predicted octanol–water partition coefficient (Wildman–Crippen LogP) is 2.72. The first-order chi connectivity index (χ1) is 8.41. The van der Waals surface area contributed by atoms with Crippen molar-refractivity contribution in [2.75, 3.05) is 13.1 Å². The van der Waals surface area contributed by atoms with Crippen LogP contribution < -0.4 is 0 Å². The Balaban J connectivity index is 2.32. The molecule has 1 aromatic carbocycles. The van der Waals surface area contributed by atoms with Gasteiger partial charge in [0.1, 0.15) is 0 Å². The van der Waals surface area contributed by atoms with Crippen LogP contribution in [0.25, 0.3) is 0 Å². The Morgan fingerprint density at radius 3 is 2.56 bits per heavy atom. The molecular formula is C14H21NO2S. The first-order valence-electron chi connectivity index (χ1n) is 6.48. The van der Waals surface area contributed by atoms with Crippen LogP contribution in [0.5, 0.6) is 0 Å². The SMILES string of the molecule is Cc1ccc(S(=O)(=O)N2CCCC(C)C2)cc1C. The highest BCUT2D eigenvalue weighted by Crippen LogP contribution is 2.24. The lowest BCUT2D eigenvalue weighted by atomic mass is 10.0. The smallest absolute Gasteiger partial charge is 0.207 e. The molecule has 0 bridgehead atoms. The molecule has 3 nitrogen and oxygen atoms in total. The van der Waals surface area contributed by atoms with Crippen LogP contribution in [0.4, 0.5) is 0 Å². The number of hydrogen-bond acceptors (Lipinski definition) is 2. The Kier molecular flexibility index (Phi) is 3.78. The molecule has 0 spiro atoms. The standard InChI is InChI=1S/C14H21NO2S/c1-11-5-4-8-15(10-11)18(16,17)14-7-6-12(2)13(3)9-14/h6-7,9,11H,4-5,8,10H2,1-3H3. The van der Waals surface area contributed by atoms with Gasteiger partial charge < -0.3 is 0 Å². The van der Waals surface area contributed by atoms with Gasteiger partial charge in [-0.15, -0.1) is 0 Å². The summed E-state index contributed by atoms with van der Waals surface area (Å²) in [6.45, 7) is 7.36. The summed E-state index contributed by atoms with van der Waals surface area (Å²) >= 11 is 0. The van der Waals surface area contributed by atoms with E-state index in [0.29, 0.717) is 23.9 Å². The molecule has 4 heteroatoms. The molecule has 1 atom stereocenters. The first kappa shape index (κ1) is 13.6. The monoisotopic (exact) mass is 267 g/mol. The van der Waals surface area contributed by atoms with Gasteiger partial charge in [-0.2, -0.15) is 4.31 Å². The highest BCUT2D eigenvalue weighted by atomic mass is 32.2. The van der Waals surface area contributed by atoms with Crippen molar-refractivity contribution < 1.29 is 8.42 Å². The third-order valence-electron chi connectivity index (χ3n) is 3.74. The maximum absolute atomic E-state index is 12.5. The lowest BCUT2D eigenvalue weighted by Crippen LogP contribution is -2.39. The minimum Gasteiger partial charge on any atom is -0.207 e. The number of aryl methyl sites for hydroxylation is 2. The van der Waals surface area contributed by atoms with Crippen LogP contribution in [0.2, 0.25) is 0 Å². The van der Waals surface area contributed by atoms with Gasteiger partial charge in [-0.1, -0.05) is 13.0 Å². The summed E-state index contributed by atoms with van der Waals surface area (Å²) in [5.41, 5.74) is 2.15. The van der Waals surface area contributed by atoms with E-state index >= 15 is 0 Å². The average molecular weight is 267 g/mol. The molecule has 0 N–H and O–H groups in total. The highest BCUT2D eigenvalue weighted by Gasteiger charge is 2.28. The number of benzene rings is 1. The Morgan fingerprint density at radius 1 is 1.22 bits per heavy atom. The normalized spacial score (nSPS) is 22.1. The Hall–Kier alpha value is -0.870. The van der Waals surface area contributed by atoms with Gasteiger partial charge in [-0.3, -0.25) is 0 Å². The van der Waals surface area contributed by atoms with Crippen molar-refractivity contribution in [1.29, 1.82) is 0 Å². The maximum atomic E-state index is 12.5. The summed E-state index contributed by atoms with van der Waals surface area (Å²) in [6, 6.07) is 5.39. The molecule has 2 rings (SSSR count). The molecule has 0 aliphatic carbocycles. The second-order valence-electron chi connectivity index (χ2n) is 5.36. The molecule has 0 amide bonds. The fourth-order valence-electron chi connectivity index (χ4n) is 2.39. The van der Waals surface area contributed by atoms with Gasteiger partial charge in [0.25, 0.3) is 0 Å². The summed E-state index contributed by atoms with van der Waals surface area (Å²) in [6.07, 6.45) is 2.09. The highest BCUT2D eigenvalue weighted by molar-refractivity contribution is 7.89. The van der Waals surface area contributed by atoms with E-state index in [1.54, 1.807) is 16.4 Å². The minimum absolute atomic E-state index is 0.430. The summed E-state index contributed by atoms with van der Waals surface area (Å²) in [7, 11) is -3.30. The Morgan fingerprint density at radius 2 is 1.94 bits per heavy atom. The van der Waals surface area contributed by atoms with Crippen molar-refractivity contribution in [1.82, 2.24) is 4.31 Å². The van der Waals surface area contributed by atoms with Gasteiger partial charge in [0.2, 0.25) is 10.0 Å². The van der Waals surface area contributed by atoms with Gasteiger partial charge in [-0.05, 0) is 55.9 Å². The van der Waals surface area contributed by atoms with Gasteiger partial charge in [-0.25, -0.2) is 8.42 Å². The zero-order valence-corrected chi connectivity index (χ0v) is 12.1. The molecule has 100 valence electrons. The zero-order chi connectivity index (χ0) is 13.3. The molecule has 1 aliphatic rings. The lowest BCUT2D eigenvalue weighted by Gasteiger charge is -2.30. The van der Waals surface area contributed by atoms with Crippen LogP contribution >= 0.6 is 0 Å². The quantitative estimate of drug-likeness (QED) is 0.826. The fourth-order valence-corrected chi connectivity index (χ4v) is 4.07. The number of hydrogen-bond donors (Lipinski definition) is 0. The second-order valence-corrected chi connectivity index (χ2v) is 7.29. The molecule has 1 fully saturated rings. The summed E-state index contributed by atoms with van der Waals surface area (Å²) in [4.78, 5) is 0.430. The number of nitrogens with zero attached hydrogens (tertiary/aromatic N) is 1. The van der Waals surface area contributed by atoms with Crippen molar-refractivity contribution >= 4 is 10.0 Å². The molecule has 1 aromatic rings. The van der Waals surface area contributed by atoms with E-state index in [9.17, 15) is 8.42 Å². The molecule has 1 saturated heterocycles. The number of piperidine rings is 1. The van der Waals surface area contributed by atoms with Crippen LogP contribution in [-0.2, 0) is 10.0 Å². The number of sulfonamides is 1. The van der Waals surface area contributed by atoms with Gasteiger partial charge >= 0.3 is 0 Å². The topological polar surface area (TPSA) is 37.4 Å². The van der Waals surface area contributed by atoms with Crippen molar-refractivity contribution in [3.8, 4) is 0 Å². The molecule has 0 aromatic heterocycles. The molecule has 0 saturated carbocycles. The van der Waals surface area contributed by atoms with E-state index in [-0.39, 0.29) is 0 Å². The molecule has 1 heterocycles. The van der Waals surface area contributed by atoms with E-state index in [2.05, 4.69) is 6.92 Å². The molecule has 0 radical (unpaired) electrons. The molecular weight excluding hydrogens is 246 g/mol. The van der Waals surface area contributed by atoms with Crippen molar-refractivity contribution in [3.63, 3.8) is 0 Å². The van der Waals surface area contributed by atoms with Crippen molar-refractivity contribution in [2.24, 2.45) is 5.92 Å². The third-order valence-corrected chi connectivity index (χ3v) is 5.60. The molecule has 18 heavy (non-hydrogen) atoms. The van der Waals surface area contributed by atoms with Gasteiger partial charge in [0.05, 0.1) is 4.90 Å². The van der Waals surface area contributed by atoms with Crippen LogP contribution in [0.3, 0.4) is 0 Å². The molecule has 1 unspecified atom stereocenters. The van der Waals surface area contributed by atoms with Crippen LogP contribution in [-0.4, -0.2) is 25.8 Å². The minimum atomic E-state index is -3.30. The van der Waals surface area contributed by atoms with Crippen molar-refractivity contribution in [2.45, 2.75) is 38.5 Å². The third kappa shape index (κ3) is 2.59. The first-order valence-corrected chi connectivity index (χ1v) is 7.92. The van der Waals surface area contributed by atoms with Crippen molar-refractivity contribution in [3.05, 3.63) is 29.3 Å². The van der Waals surface area contributed by atoms with E-state index in [0.717, 1.165) is 24.0 Å². The largest absolute Gasteiger partial charge is 0.243 e. The summed E-state index contributed by atoms with van der Waals surface area (Å²) in [5.74, 6) is 0.458. The van der Waals surface area contributed by atoms with E-state index in [1.807, 2.05) is 19.9 Å². The van der Waals surface area contributed by atoms with Crippen LogP contribution in [0.1, 0.15) is 30.9 Å². The number of rotatable bonds is 2. The second kappa shape index (κ2) is 5.02. The summed E-state index contributed by atoms with van der Waals surface area (Å²) in [5, 5.41) is 0. The van der Waals surface area contributed by atoms with Crippen LogP contribution in [0.15, 0.2) is 23.1 Å². The lowest BCUT2D eigenvalue weighted by molar-refractivity contribution is 0.281. The predicted molar refractivity (Wildman–Crippen MR) is 73.1 cm³/mol. The van der Waals surface area contributed by atoms with Crippen LogP contribution in [0, 0.1) is 19.8 Å². The van der Waals surface area contributed by atoms with E-state index < -0.39 is 10.0 Å². The van der Waals surface area contributed by atoms with Gasteiger partial charge in [0.15, 0.2) is 0 Å². The maximum Gasteiger partial charge on any atom is 0.243 e. The van der Waals surface area contributed by atoms with E-state index in [1.165, 1.54) is 0 Å². The Labute approximate surface area is 110 Å². The molecule has 1 aliphatic heterocycles. The Bertz CT molecular complexity index is 537. The van der Waals surface area contributed by atoms with Gasteiger partial charge in [0, 0.05) is 13.1 Å².